The van der Waals surface area contributed by atoms with E-state index in [1.165, 1.54) is 10.5 Å². The zero-order chi connectivity index (χ0) is 25.6. The summed E-state index contributed by atoms with van der Waals surface area (Å²) in [7, 11) is -3.95. The van der Waals surface area contributed by atoms with Crippen LogP contribution in [0.5, 0.6) is 0 Å². The number of amides is 1. The Labute approximate surface area is 212 Å². The van der Waals surface area contributed by atoms with E-state index in [0.717, 1.165) is 27.1 Å². The zero-order valence-corrected chi connectivity index (χ0v) is 22.3. The van der Waals surface area contributed by atoms with Gasteiger partial charge in [-0.2, -0.15) is 9.41 Å². The molecule has 184 valence electrons. The summed E-state index contributed by atoms with van der Waals surface area (Å²) in [6.07, 6.45) is 3.54. The van der Waals surface area contributed by atoms with Crippen molar-refractivity contribution in [3.05, 3.63) is 94.0 Å². The molecule has 0 atom stereocenters. The molecule has 6 nitrogen and oxygen atoms in total. The lowest BCUT2D eigenvalue weighted by Crippen LogP contribution is -2.39. The van der Waals surface area contributed by atoms with Crippen LogP contribution in [0.15, 0.2) is 75.6 Å². The number of hydrogen-bond acceptors (Lipinski definition) is 5. The van der Waals surface area contributed by atoms with Gasteiger partial charge in [-0.1, -0.05) is 59.7 Å². The standard InChI is InChI=1S/C27H31N3O3S2/c1-19-6-8-24(9-7-19)17-30(35(32,33)27-21(3)14-20(2)15-22(27)4)18-26(31)29-28-16-23-10-12-25(34-5)13-11-23/h6-16H,17-18H2,1-5H3,(H,29,31)/b28-16+. The van der Waals surface area contributed by atoms with Crippen molar-refractivity contribution in [2.24, 2.45) is 5.10 Å². The number of thioether (sulfide) groups is 1. The van der Waals surface area contributed by atoms with Crippen LogP contribution in [0.4, 0.5) is 0 Å². The molecule has 0 bridgehead atoms. The van der Waals surface area contributed by atoms with Gasteiger partial charge in [0.25, 0.3) is 5.91 Å². The summed E-state index contributed by atoms with van der Waals surface area (Å²) >= 11 is 1.64. The highest BCUT2D eigenvalue weighted by molar-refractivity contribution is 7.98. The third kappa shape index (κ3) is 7.04. The van der Waals surface area contributed by atoms with Crippen molar-refractivity contribution in [1.82, 2.24) is 9.73 Å². The molecular weight excluding hydrogens is 478 g/mol. The highest BCUT2D eigenvalue weighted by Gasteiger charge is 2.30. The van der Waals surface area contributed by atoms with E-state index in [1.807, 2.05) is 80.8 Å². The van der Waals surface area contributed by atoms with Gasteiger partial charge in [0.05, 0.1) is 17.7 Å². The minimum absolute atomic E-state index is 0.0721. The highest BCUT2D eigenvalue weighted by Crippen LogP contribution is 2.26. The Morgan fingerprint density at radius 2 is 1.54 bits per heavy atom. The van der Waals surface area contributed by atoms with Crippen molar-refractivity contribution in [3.63, 3.8) is 0 Å². The minimum atomic E-state index is -3.95. The number of benzene rings is 3. The second-order valence-corrected chi connectivity index (χ2v) is 11.3. The van der Waals surface area contributed by atoms with Gasteiger partial charge in [0, 0.05) is 11.4 Å². The van der Waals surface area contributed by atoms with Gasteiger partial charge in [0.2, 0.25) is 10.0 Å². The molecule has 35 heavy (non-hydrogen) atoms. The fourth-order valence-electron chi connectivity index (χ4n) is 3.89. The summed E-state index contributed by atoms with van der Waals surface area (Å²) in [5, 5.41) is 4.02. The molecule has 0 spiro atoms. The van der Waals surface area contributed by atoms with Crippen LogP contribution in [0, 0.1) is 27.7 Å². The van der Waals surface area contributed by atoms with Crippen molar-refractivity contribution in [1.29, 1.82) is 0 Å². The Kier molecular flexibility index (Phi) is 8.88. The Balaban J connectivity index is 1.84. The highest BCUT2D eigenvalue weighted by atomic mass is 32.2. The van der Waals surface area contributed by atoms with Crippen LogP contribution in [0.1, 0.15) is 33.4 Å². The summed E-state index contributed by atoms with van der Waals surface area (Å²) in [6, 6.07) is 19.0. The number of sulfonamides is 1. The van der Waals surface area contributed by atoms with Crippen molar-refractivity contribution < 1.29 is 13.2 Å². The smallest absolute Gasteiger partial charge is 0.255 e. The molecule has 0 unspecified atom stereocenters. The Morgan fingerprint density at radius 1 is 0.943 bits per heavy atom. The van der Waals surface area contributed by atoms with Gasteiger partial charge in [-0.05, 0) is 68.3 Å². The minimum Gasteiger partial charge on any atom is -0.272 e. The van der Waals surface area contributed by atoms with E-state index in [1.54, 1.807) is 25.6 Å². The van der Waals surface area contributed by atoms with E-state index in [2.05, 4.69) is 10.5 Å². The van der Waals surface area contributed by atoms with Crippen molar-refractivity contribution in [2.45, 2.75) is 44.0 Å². The first-order chi connectivity index (χ1) is 16.6. The molecule has 3 rings (SSSR count). The molecule has 0 saturated carbocycles. The van der Waals surface area contributed by atoms with E-state index < -0.39 is 15.9 Å². The second kappa shape index (κ2) is 11.7. The SMILES string of the molecule is CSc1ccc(/C=N/NC(=O)CN(Cc2ccc(C)cc2)S(=O)(=O)c2c(C)cc(C)cc2C)cc1. The molecule has 1 N–H and O–H groups in total. The maximum Gasteiger partial charge on any atom is 0.255 e. The number of carbonyl (C=O) groups is 1. The van der Waals surface area contributed by atoms with Crippen LogP contribution < -0.4 is 5.43 Å². The van der Waals surface area contributed by atoms with Crippen LogP contribution in [0.2, 0.25) is 0 Å². The van der Waals surface area contributed by atoms with Gasteiger partial charge in [-0.25, -0.2) is 13.8 Å². The molecule has 0 fully saturated rings. The third-order valence-electron chi connectivity index (χ3n) is 5.52. The Morgan fingerprint density at radius 3 is 2.11 bits per heavy atom. The molecule has 1 amide bonds. The number of rotatable bonds is 9. The van der Waals surface area contributed by atoms with Crippen molar-refractivity contribution in [2.75, 3.05) is 12.8 Å². The number of hydrogen-bond donors (Lipinski definition) is 1. The first-order valence-electron chi connectivity index (χ1n) is 11.2. The average Bonchev–Trinajstić information content (AvgIpc) is 2.79. The van der Waals surface area contributed by atoms with Gasteiger partial charge in [0.1, 0.15) is 0 Å². The van der Waals surface area contributed by atoms with E-state index in [-0.39, 0.29) is 18.0 Å². The lowest BCUT2D eigenvalue weighted by atomic mass is 10.1. The quantitative estimate of drug-likeness (QED) is 0.251. The monoisotopic (exact) mass is 509 g/mol. The van der Waals surface area contributed by atoms with Gasteiger partial charge in [-0.3, -0.25) is 4.79 Å². The van der Waals surface area contributed by atoms with Crippen LogP contribution in [-0.2, 0) is 21.4 Å². The topological polar surface area (TPSA) is 78.8 Å². The third-order valence-corrected chi connectivity index (χ3v) is 8.36. The molecule has 0 aliphatic rings. The van der Waals surface area contributed by atoms with E-state index >= 15 is 0 Å². The number of nitrogens with zero attached hydrogens (tertiary/aromatic N) is 2. The fourth-order valence-corrected chi connectivity index (χ4v) is 6.09. The fraction of sp³-hybridized carbons (Fsp3) is 0.259. The Bertz CT molecular complexity index is 1290. The summed E-state index contributed by atoms with van der Waals surface area (Å²) < 4.78 is 28.7. The zero-order valence-electron chi connectivity index (χ0n) is 20.7. The van der Waals surface area contributed by atoms with E-state index in [9.17, 15) is 13.2 Å². The number of nitrogens with one attached hydrogen (secondary N) is 1. The van der Waals surface area contributed by atoms with E-state index in [4.69, 9.17) is 0 Å². The van der Waals surface area contributed by atoms with Gasteiger partial charge in [-0.15, -0.1) is 11.8 Å². The van der Waals surface area contributed by atoms with Crippen molar-refractivity contribution >= 4 is 33.9 Å². The molecule has 0 heterocycles. The maximum absolute atomic E-state index is 13.8. The summed E-state index contributed by atoms with van der Waals surface area (Å²) in [6.45, 7) is 7.18. The lowest BCUT2D eigenvalue weighted by molar-refractivity contribution is -0.121. The molecule has 8 heteroatoms. The maximum atomic E-state index is 13.8. The predicted molar refractivity (Wildman–Crippen MR) is 143 cm³/mol. The van der Waals surface area contributed by atoms with Crippen LogP contribution in [0.3, 0.4) is 0 Å². The number of aryl methyl sites for hydroxylation is 4. The first kappa shape index (κ1) is 26.7. The first-order valence-corrected chi connectivity index (χ1v) is 13.9. The molecule has 0 radical (unpaired) electrons. The van der Waals surface area contributed by atoms with Gasteiger partial charge < -0.3 is 0 Å². The van der Waals surface area contributed by atoms with E-state index in [0.29, 0.717) is 11.1 Å². The lowest BCUT2D eigenvalue weighted by Gasteiger charge is -2.24. The summed E-state index contributed by atoms with van der Waals surface area (Å²) in [5.41, 5.74) is 7.47. The van der Waals surface area contributed by atoms with Crippen molar-refractivity contribution in [3.8, 4) is 0 Å². The normalized spacial score (nSPS) is 11.8. The number of carbonyl (C=O) groups excluding carboxylic acids is 1. The van der Waals surface area contributed by atoms with Crippen LogP contribution >= 0.6 is 11.8 Å². The summed E-state index contributed by atoms with van der Waals surface area (Å²) in [4.78, 5) is 14.1. The molecule has 0 aliphatic heterocycles. The summed E-state index contributed by atoms with van der Waals surface area (Å²) in [5.74, 6) is -0.514. The molecule has 0 aromatic heterocycles. The van der Waals surface area contributed by atoms with Gasteiger partial charge in [0.15, 0.2) is 0 Å². The molecular formula is C27H31N3O3S2. The molecule has 0 saturated heterocycles. The molecule has 3 aromatic carbocycles. The predicted octanol–water partition coefficient (Wildman–Crippen LogP) is 4.98. The Hall–Kier alpha value is -2.94. The molecule has 0 aliphatic carbocycles. The second-order valence-electron chi connectivity index (χ2n) is 8.55. The molecule has 3 aromatic rings. The van der Waals surface area contributed by atoms with Crippen LogP contribution in [-0.4, -0.2) is 37.6 Å². The average molecular weight is 510 g/mol. The van der Waals surface area contributed by atoms with Crippen LogP contribution in [0.25, 0.3) is 0 Å². The largest absolute Gasteiger partial charge is 0.272 e. The number of hydrazone groups is 1. The van der Waals surface area contributed by atoms with Gasteiger partial charge >= 0.3 is 0 Å².